The number of hydrogen-bond donors (Lipinski definition) is 1. The van der Waals surface area contributed by atoms with Crippen molar-refractivity contribution in [1.82, 2.24) is 5.32 Å². The number of hydrogen-bond acceptors (Lipinski definition) is 5. The van der Waals surface area contributed by atoms with E-state index < -0.39 is 0 Å². The molecule has 6 nitrogen and oxygen atoms in total. The third-order valence-electron chi connectivity index (χ3n) is 3.91. The first kappa shape index (κ1) is 18.5. The van der Waals surface area contributed by atoms with Crippen molar-refractivity contribution in [1.29, 1.82) is 0 Å². The van der Waals surface area contributed by atoms with Crippen LogP contribution in [0.25, 0.3) is 6.08 Å². The van der Waals surface area contributed by atoms with Gasteiger partial charge in [0.15, 0.2) is 11.5 Å². The van der Waals surface area contributed by atoms with Gasteiger partial charge in [0, 0.05) is 5.56 Å². The van der Waals surface area contributed by atoms with Crippen molar-refractivity contribution >= 4 is 17.8 Å². The summed E-state index contributed by atoms with van der Waals surface area (Å²) in [6, 6.07) is 12.9. The molecular formula is C21H22N2O4. The van der Waals surface area contributed by atoms with Crippen LogP contribution in [-0.2, 0) is 4.79 Å². The smallest absolute Gasteiger partial charge is 0.275 e. The minimum atomic E-state index is -0.248. The lowest BCUT2D eigenvalue weighted by molar-refractivity contribution is -0.115. The van der Waals surface area contributed by atoms with E-state index in [-0.39, 0.29) is 12.0 Å². The van der Waals surface area contributed by atoms with Crippen LogP contribution < -0.4 is 19.5 Å². The standard InChI is InChI=1S/C21H22N2O4/c1-13(2)27-16-8-5-14(6-9-16)11-17-21(24)23-20(22-17)15-7-10-18(25-3)19(12-15)26-4/h5-13H,1-4H3,(H,22,23,24)/b17-11+. The van der Waals surface area contributed by atoms with Gasteiger partial charge >= 0.3 is 0 Å². The molecule has 0 aromatic heterocycles. The molecule has 0 radical (unpaired) electrons. The fourth-order valence-electron chi connectivity index (χ4n) is 2.66. The van der Waals surface area contributed by atoms with Crippen molar-refractivity contribution in [2.24, 2.45) is 4.99 Å². The lowest BCUT2D eigenvalue weighted by Crippen LogP contribution is -2.24. The van der Waals surface area contributed by atoms with Crippen LogP contribution in [0.3, 0.4) is 0 Å². The molecule has 0 atom stereocenters. The molecule has 0 unspecified atom stereocenters. The summed E-state index contributed by atoms with van der Waals surface area (Å²) in [6.45, 7) is 3.95. The molecule has 1 aliphatic heterocycles. The number of ether oxygens (including phenoxy) is 3. The molecule has 140 valence electrons. The second kappa shape index (κ2) is 7.95. The van der Waals surface area contributed by atoms with Crippen LogP contribution in [0.4, 0.5) is 0 Å². The zero-order valence-electron chi connectivity index (χ0n) is 15.8. The monoisotopic (exact) mass is 366 g/mol. The molecule has 0 saturated heterocycles. The van der Waals surface area contributed by atoms with Gasteiger partial charge in [-0.05, 0) is 55.8 Å². The summed E-state index contributed by atoms with van der Waals surface area (Å²) in [5, 5.41) is 2.79. The van der Waals surface area contributed by atoms with Crippen LogP contribution in [0.15, 0.2) is 53.2 Å². The lowest BCUT2D eigenvalue weighted by atomic mass is 10.2. The summed E-state index contributed by atoms with van der Waals surface area (Å²) >= 11 is 0. The van der Waals surface area contributed by atoms with Crippen molar-refractivity contribution < 1.29 is 19.0 Å². The highest BCUT2D eigenvalue weighted by molar-refractivity contribution is 6.19. The Kier molecular flexibility index (Phi) is 5.45. The maximum atomic E-state index is 12.3. The van der Waals surface area contributed by atoms with Gasteiger partial charge in [-0.2, -0.15) is 0 Å². The highest BCUT2D eigenvalue weighted by atomic mass is 16.5. The van der Waals surface area contributed by atoms with Crippen LogP contribution in [0.2, 0.25) is 0 Å². The SMILES string of the molecule is COc1ccc(C2=N/C(=C/c3ccc(OC(C)C)cc3)C(=O)N2)cc1OC. The molecule has 2 aromatic carbocycles. The summed E-state index contributed by atoms with van der Waals surface area (Å²) in [7, 11) is 3.14. The van der Waals surface area contributed by atoms with Gasteiger partial charge in [-0.1, -0.05) is 12.1 Å². The predicted molar refractivity (Wildman–Crippen MR) is 104 cm³/mol. The van der Waals surface area contributed by atoms with E-state index in [4.69, 9.17) is 14.2 Å². The summed E-state index contributed by atoms with van der Waals surface area (Å²) in [5.74, 6) is 2.21. The Morgan fingerprint density at radius 2 is 1.70 bits per heavy atom. The van der Waals surface area contributed by atoms with Gasteiger partial charge in [0.05, 0.1) is 20.3 Å². The maximum Gasteiger partial charge on any atom is 0.275 e. The second-order valence-electron chi connectivity index (χ2n) is 6.25. The molecule has 0 aliphatic carbocycles. The van der Waals surface area contributed by atoms with Gasteiger partial charge in [0.2, 0.25) is 0 Å². The topological polar surface area (TPSA) is 69.2 Å². The Hall–Kier alpha value is -3.28. The van der Waals surface area contributed by atoms with E-state index in [1.807, 2.05) is 44.2 Å². The highest BCUT2D eigenvalue weighted by Crippen LogP contribution is 2.28. The van der Waals surface area contributed by atoms with Crippen LogP contribution in [0, 0.1) is 0 Å². The number of amides is 1. The summed E-state index contributed by atoms with van der Waals surface area (Å²) in [6.07, 6.45) is 1.85. The fraction of sp³-hybridized carbons (Fsp3) is 0.238. The van der Waals surface area contributed by atoms with Gasteiger partial charge in [0.25, 0.3) is 5.91 Å². The molecule has 1 aliphatic rings. The number of nitrogens with one attached hydrogen (secondary N) is 1. The van der Waals surface area contributed by atoms with Gasteiger partial charge in [-0.25, -0.2) is 4.99 Å². The number of methoxy groups -OCH3 is 2. The van der Waals surface area contributed by atoms with Crippen molar-refractivity contribution in [2.45, 2.75) is 20.0 Å². The predicted octanol–water partition coefficient (Wildman–Crippen LogP) is 3.41. The average Bonchev–Trinajstić information content (AvgIpc) is 3.02. The first-order chi connectivity index (χ1) is 13.0. The highest BCUT2D eigenvalue weighted by Gasteiger charge is 2.22. The Morgan fingerprint density at radius 3 is 2.33 bits per heavy atom. The normalized spacial score (nSPS) is 14.9. The Morgan fingerprint density at radius 1 is 1.00 bits per heavy atom. The maximum absolute atomic E-state index is 12.3. The third-order valence-corrected chi connectivity index (χ3v) is 3.91. The van der Waals surface area contributed by atoms with Gasteiger partial charge in [-0.3, -0.25) is 4.79 Å². The van der Waals surface area contributed by atoms with E-state index in [1.165, 1.54) is 0 Å². The third kappa shape index (κ3) is 4.28. The molecular weight excluding hydrogens is 344 g/mol. The first-order valence-electron chi connectivity index (χ1n) is 8.61. The Bertz CT molecular complexity index is 899. The van der Waals surface area contributed by atoms with E-state index >= 15 is 0 Å². The second-order valence-corrected chi connectivity index (χ2v) is 6.25. The molecule has 6 heteroatoms. The van der Waals surface area contributed by atoms with Gasteiger partial charge in [0.1, 0.15) is 17.3 Å². The number of carbonyl (C=O) groups excluding carboxylic acids is 1. The van der Waals surface area contributed by atoms with E-state index in [9.17, 15) is 4.79 Å². The minimum absolute atomic E-state index is 0.114. The molecule has 2 aromatic rings. The Labute approximate surface area is 158 Å². The zero-order valence-corrected chi connectivity index (χ0v) is 15.8. The molecule has 0 spiro atoms. The van der Waals surface area contributed by atoms with Gasteiger partial charge < -0.3 is 19.5 Å². The molecule has 1 N–H and O–H groups in total. The van der Waals surface area contributed by atoms with Crippen molar-refractivity contribution in [2.75, 3.05) is 14.2 Å². The van der Waals surface area contributed by atoms with E-state index in [0.29, 0.717) is 23.0 Å². The van der Waals surface area contributed by atoms with Crippen LogP contribution >= 0.6 is 0 Å². The van der Waals surface area contributed by atoms with Crippen LogP contribution in [-0.4, -0.2) is 32.1 Å². The number of aliphatic imine (C=N–C) groups is 1. The molecule has 1 amide bonds. The van der Waals surface area contributed by atoms with Gasteiger partial charge in [-0.15, -0.1) is 0 Å². The van der Waals surface area contributed by atoms with Crippen LogP contribution in [0.5, 0.6) is 17.2 Å². The minimum Gasteiger partial charge on any atom is -0.493 e. The molecule has 0 saturated carbocycles. The molecule has 0 fully saturated rings. The van der Waals surface area contributed by atoms with E-state index in [2.05, 4.69) is 10.3 Å². The zero-order chi connectivity index (χ0) is 19.4. The fourth-order valence-corrected chi connectivity index (χ4v) is 2.66. The lowest BCUT2D eigenvalue weighted by Gasteiger charge is -2.09. The first-order valence-corrected chi connectivity index (χ1v) is 8.61. The number of nitrogens with zero attached hydrogens (tertiary/aromatic N) is 1. The number of amidine groups is 1. The quantitative estimate of drug-likeness (QED) is 0.796. The number of rotatable bonds is 6. The van der Waals surface area contributed by atoms with Crippen LogP contribution in [0.1, 0.15) is 25.0 Å². The Balaban J connectivity index is 1.84. The van der Waals surface area contributed by atoms with Crippen molar-refractivity contribution in [3.63, 3.8) is 0 Å². The summed E-state index contributed by atoms with van der Waals surface area (Å²) in [4.78, 5) is 16.7. The van der Waals surface area contributed by atoms with Crippen molar-refractivity contribution in [3.05, 3.63) is 59.3 Å². The average molecular weight is 366 g/mol. The van der Waals surface area contributed by atoms with Crippen molar-refractivity contribution in [3.8, 4) is 17.2 Å². The van der Waals surface area contributed by atoms with E-state index in [0.717, 1.165) is 16.9 Å². The largest absolute Gasteiger partial charge is 0.493 e. The molecule has 3 rings (SSSR count). The number of carbonyl (C=O) groups is 1. The number of benzene rings is 2. The summed E-state index contributed by atoms with van der Waals surface area (Å²) in [5.41, 5.74) is 1.95. The molecule has 1 heterocycles. The summed E-state index contributed by atoms with van der Waals surface area (Å²) < 4.78 is 16.2. The molecule has 0 bridgehead atoms. The van der Waals surface area contributed by atoms with E-state index in [1.54, 1.807) is 32.4 Å². The molecule has 27 heavy (non-hydrogen) atoms.